The predicted molar refractivity (Wildman–Crippen MR) is 56.4 cm³/mol. The summed E-state index contributed by atoms with van der Waals surface area (Å²) in [5.74, 6) is 0.717. The van der Waals surface area contributed by atoms with Crippen molar-refractivity contribution >= 4 is 0 Å². The van der Waals surface area contributed by atoms with E-state index in [1.807, 2.05) is 0 Å². The molecular formula is C11H25N. The highest BCUT2D eigenvalue weighted by Crippen LogP contribution is 2.19. The van der Waals surface area contributed by atoms with Crippen molar-refractivity contribution in [1.29, 1.82) is 0 Å². The first-order valence-electron chi connectivity index (χ1n) is 5.01. The van der Waals surface area contributed by atoms with Crippen LogP contribution in [0.5, 0.6) is 0 Å². The zero-order chi connectivity index (χ0) is 9.94. The molecule has 0 saturated carbocycles. The van der Waals surface area contributed by atoms with Crippen molar-refractivity contribution in [1.82, 2.24) is 5.32 Å². The summed E-state index contributed by atoms with van der Waals surface area (Å²) in [5, 5.41) is 3.62. The molecule has 0 saturated heterocycles. The van der Waals surface area contributed by atoms with Gasteiger partial charge in [-0.3, -0.25) is 0 Å². The normalized spacial score (nSPS) is 18.0. The Kier molecular flexibility index (Phi) is 4.25. The zero-order valence-corrected chi connectivity index (χ0v) is 9.73. The molecule has 0 radical (unpaired) electrons. The van der Waals surface area contributed by atoms with Crippen molar-refractivity contribution in [2.45, 2.75) is 60.5 Å². The molecular weight excluding hydrogens is 146 g/mol. The fourth-order valence-electron chi connectivity index (χ4n) is 0.837. The third kappa shape index (κ3) is 4.10. The summed E-state index contributed by atoms with van der Waals surface area (Å²) in [6.45, 7) is 15.9. The van der Waals surface area contributed by atoms with Crippen molar-refractivity contribution in [2.75, 3.05) is 0 Å². The lowest BCUT2D eigenvalue weighted by Gasteiger charge is -2.32. The molecule has 1 heteroatoms. The van der Waals surface area contributed by atoms with Crippen molar-refractivity contribution in [3.05, 3.63) is 0 Å². The largest absolute Gasteiger partial charge is 0.311 e. The van der Waals surface area contributed by atoms with Gasteiger partial charge in [0.2, 0.25) is 0 Å². The first kappa shape index (κ1) is 12.0. The van der Waals surface area contributed by atoms with E-state index in [4.69, 9.17) is 0 Å². The molecule has 1 N–H and O–H groups in total. The van der Waals surface area contributed by atoms with E-state index in [-0.39, 0.29) is 0 Å². The highest BCUT2D eigenvalue weighted by Gasteiger charge is 2.21. The van der Waals surface area contributed by atoms with E-state index < -0.39 is 0 Å². The van der Waals surface area contributed by atoms with Crippen LogP contribution >= 0.6 is 0 Å². The van der Waals surface area contributed by atoms with Crippen molar-refractivity contribution in [3.8, 4) is 0 Å². The van der Waals surface area contributed by atoms with Gasteiger partial charge in [-0.2, -0.15) is 0 Å². The molecule has 12 heavy (non-hydrogen) atoms. The van der Waals surface area contributed by atoms with Gasteiger partial charge >= 0.3 is 0 Å². The molecule has 0 aliphatic carbocycles. The van der Waals surface area contributed by atoms with Crippen LogP contribution in [0.4, 0.5) is 0 Å². The lowest BCUT2D eigenvalue weighted by atomic mass is 9.87. The minimum absolute atomic E-state index is 0.364. The van der Waals surface area contributed by atoms with Gasteiger partial charge in [-0.15, -0.1) is 0 Å². The standard InChI is InChI=1S/C11H25N/c1-8(2)9(3)12-10(4)11(5,6)7/h8-10,12H,1-7H3. The Balaban J connectivity index is 3.93. The SMILES string of the molecule is CC(C)C(C)NC(C)C(C)(C)C. The van der Waals surface area contributed by atoms with Crippen LogP contribution in [0.15, 0.2) is 0 Å². The Morgan fingerprint density at radius 3 is 1.58 bits per heavy atom. The minimum atomic E-state index is 0.364. The van der Waals surface area contributed by atoms with Crippen LogP contribution in [0.1, 0.15) is 48.5 Å². The molecule has 0 bridgehead atoms. The van der Waals surface area contributed by atoms with Gasteiger partial charge in [0.15, 0.2) is 0 Å². The third-order valence-electron chi connectivity index (χ3n) is 2.81. The molecule has 0 aromatic rings. The second kappa shape index (κ2) is 4.27. The summed E-state index contributed by atoms with van der Waals surface area (Å²) in [6.07, 6.45) is 0. The van der Waals surface area contributed by atoms with Crippen LogP contribution in [0.25, 0.3) is 0 Å². The molecule has 0 heterocycles. The van der Waals surface area contributed by atoms with Crippen molar-refractivity contribution in [3.63, 3.8) is 0 Å². The molecule has 0 fully saturated rings. The summed E-state index contributed by atoms with van der Waals surface area (Å²) in [4.78, 5) is 0. The fraction of sp³-hybridized carbons (Fsp3) is 1.00. The lowest BCUT2D eigenvalue weighted by Crippen LogP contribution is -2.44. The molecule has 0 rings (SSSR count). The van der Waals surface area contributed by atoms with Crippen LogP contribution in [0.2, 0.25) is 0 Å². The van der Waals surface area contributed by atoms with E-state index in [2.05, 4.69) is 53.8 Å². The first-order valence-corrected chi connectivity index (χ1v) is 5.01. The summed E-state index contributed by atoms with van der Waals surface area (Å²) >= 11 is 0. The van der Waals surface area contributed by atoms with Gasteiger partial charge in [-0.1, -0.05) is 34.6 Å². The highest BCUT2D eigenvalue weighted by molar-refractivity contribution is 4.79. The maximum Gasteiger partial charge on any atom is 0.00898 e. The third-order valence-corrected chi connectivity index (χ3v) is 2.81. The van der Waals surface area contributed by atoms with Gasteiger partial charge in [0.25, 0.3) is 0 Å². The van der Waals surface area contributed by atoms with E-state index in [0.717, 1.165) is 5.92 Å². The van der Waals surface area contributed by atoms with Gasteiger partial charge in [-0.25, -0.2) is 0 Å². The second-order valence-corrected chi connectivity index (χ2v) is 5.29. The Morgan fingerprint density at radius 1 is 0.917 bits per heavy atom. The Hall–Kier alpha value is -0.0400. The molecule has 0 amide bonds. The number of nitrogens with one attached hydrogen (secondary N) is 1. The average Bonchev–Trinajstić information content (AvgIpc) is 1.85. The number of hydrogen-bond acceptors (Lipinski definition) is 1. The summed E-state index contributed by atoms with van der Waals surface area (Å²) in [5.41, 5.74) is 0.364. The highest BCUT2D eigenvalue weighted by atomic mass is 15.0. The Bertz CT molecular complexity index is 121. The van der Waals surface area contributed by atoms with Crippen LogP contribution in [0.3, 0.4) is 0 Å². The minimum Gasteiger partial charge on any atom is -0.311 e. The summed E-state index contributed by atoms with van der Waals surface area (Å²) in [7, 11) is 0. The zero-order valence-electron chi connectivity index (χ0n) is 9.73. The maximum atomic E-state index is 3.62. The lowest BCUT2D eigenvalue weighted by molar-refractivity contribution is 0.247. The van der Waals surface area contributed by atoms with Crippen molar-refractivity contribution in [2.24, 2.45) is 11.3 Å². The van der Waals surface area contributed by atoms with E-state index in [1.165, 1.54) is 0 Å². The molecule has 1 nitrogen and oxygen atoms in total. The summed E-state index contributed by atoms with van der Waals surface area (Å²) < 4.78 is 0. The second-order valence-electron chi connectivity index (χ2n) is 5.29. The smallest absolute Gasteiger partial charge is 0.00898 e. The number of rotatable bonds is 3. The molecule has 0 aromatic heterocycles. The van der Waals surface area contributed by atoms with Crippen LogP contribution in [0, 0.1) is 11.3 Å². The van der Waals surface area contributed by atoms with Gasteiger partial charge in [0.05, 0.1) is 0 Å². The van der Waals surface area contributed by atoms with Crippen LogP contribution in [-0.4, -0.2) is 12.1 Å². The molecule has 2 unspecified atom stereocenters. The van der Waals surface area contributed by atoms with Crippen LogP contribution < -0.4 is 5.32 Å². The predicted octanol–water partition coefficient (Wildman–Crippen LogP) is 3.06. The fourth-order valence-corrected chi connectivity index (χ4v) is 0.837. The molecule has 0 aliphatic heterocycles. The van der Waals surface area contributed by atoms with Gasteiger partial charge in [-0.05, 0) is 25.2 Å². The van der Waals surface area contributed by atoms with Gasteiger partial charge < -0.3 is 5.32 Å². The van der Waals surface area contributed by atoms with Crippen molar-refractivity contribution < 1.29 is 0 Å². The molecule has 0 aliphatic rings. The summed E-state index contributed by atoms with van der Waals surface area (Å²) in [6, 6.07) is 1.19. The molecule has 2 atom stereocenters. The first-order chi connectivity index (χ1) is 5.25. The molecule has 74 valence electrons. The monoisotopic (exact) mass is 171 g/mol. The Labute approximate surface area is 77.9 Å². The van der Waals surface area contributed by atoms with E-state index in [9.17, 15) is 0 Å². The maximum absolute atomic E-state index is 3.62. The topological polar surface area (TPSA) is 12.0 Å². The van der Waals surface area contributed by atoms with E-state index in [0.29, 0.717) is 17.5 Å². The molecule has 0 aromatic carbocycles. The number of hydrogen-bond donors (Lipinski definition) is 1. The van der Waals surface area contributed by atoms with E-state index in [1.54, 1.807) is 0 Å². The molecule has 0 spiro atoms. The average molecular weight is 171 g/mol. The van der Waals surface area contributed by atoms with Gasteiger partial charge in [0.1, 0.15) is 0 Å². The van der Waals surface area contributed by atoms with Crippen LogP contribution in [-0.2, 0) is 0 Å². The Morgan fingerprint density at radius 2 is 1.33 bits per heavy atom. The quantitative estimate of drug-likeness (QED) is 0.688. The van der Waals surface area contributed by atoms with E-state index >= 15 is 0 Å². The van der Waals surface area contributed by atoms with Gasteiger partial charge in [0, 0.05) is 12.1 Å².